The van der Waals surface area contributed by atoms with Crippen LogP contribution in [0.3, 0.4) is 0 Å². The molecule has 1 fully saturated rings. The number of aromatic amines is 1. The smallest absolute Gasteiger partial charge is 0.378 e. The fourth-order valence-corrected chi connectivity index (χ4v) is 2.70. The van der Waals surface area contributed by atoms with Crippen LogP contribution in [-0.2, 0) is 4.74 Å². The van der Waals surface area contributed by atoms with Crippen molar-refractivity contribution in [1.29, 1.82) is 0 Å². The third-order valence-electron chi connectivity index (χ3n) is 3.95. The summed E-state index contributed by atoms with van der Waals surface area (Å²) in [5, 5.41) is 6.80. The van der Waals surface area contributed by atoms with E-state index in [1.54, 1.807) is 26.3 Å². The Morgan fingerprint density at radius 3 is 2.88 bits per heavy atom. The van der Waals surface area contributed by atoms with Crippen molar-refractivity contribution in [2.45, 2.75) is 25.7 Å². The normalized spacial score (nSPS) is 15.3. The Kier molecular flexibility index (Phi) is 4.88. The monoisotopic (exact) mass is 332 g/mol. The van der Waals surface area contributed by atoms with Crippen LogP contribution in [0.5, 0.6) is 5.88 Å². The number of piperidine rings is 1. The highest BCUT2D eigenvalue weighted by atomic mass is 16.5. The molecule has 0 unspecified atom stereocenters. The quantitative estimate of drug-likeness (QED) is 0.813. The second kappa shape index (κ2) is 7.24. The molecule has 9 nitrogen and oxygen atoms in total. The highest BCUT2D eigenvalue weighted by Crippen LogP contribution is 2.27. The molecule has 0 radical (unpaired) electrons. The van der Waals surface area contributed by atoms with Crippen LogP contribution < -0.4 is 9.64 Å². The van der Waals surface area contributed by atoms with Gasteiger partial charge in [-0.25, -0.2) is 14.8 Å². The number of hydrogen-bond acceptors (Lipinski definition) is 8. The van der Waals surface area contributed by atoms with Crippen LogP contribution in [0, 0.1) is 0 Å². The van der Waals surface area contributed by atoms with Gasteiger partial charge in [-0.15, -0.1) is 5.10 Å². The Morgan fingerprint density at radius 2 is 2.17 bits per heavy atom. The van der Waals surface area contributed by atoms with E-state index in [4.69, 9.17) is 9.47 Å². The average molecular weight is 332 g/mol. The SMILES string of the molecule is CCOC(=O)c1n[nH]c(C2CCN(c3nccc(OC)n3)CC2)n1. The summed E-state index contributed by atoms with van der Waals surface area (Å²) in [7, 11) is 1.59. The molecule has 0 spiro atoms. The minimum absolute atomic E-state index is 0.0883. The van der Waals surface area contributed by atoms with Crippen LogP contribution in [-0.4, -0.2) is 57.9 Å². The second-order valence-corrected chi connectivity index (χ2v) is 5.43. The zero-order valence-electron chi connectivity index (χ0n) is 13.7. The van der Waals surface area contributed by atoms with Crippen molar-refractivity contribution in [3.63, 3.8) is 0 Å². The molecule has 1 saturated heterocycles. The topological polar surface area (TPSA) is 106 Å². The van der Waals surface area contributed by atoms with Crippen molar-refractivity contribution in [3.05, 3.63) is 23.9 Å². The van der Waals surface area contributed by atoms with Crippen molar-refractivity contribution in [2.24, 2.45) is 0 Å². The number of carbonyl (C=O) groups is 1. The van der Waals surface area contributed by atoms with Gasteiger partial charge in [-0.2, -0.15) is 4.98 Å². The van der Waals surface area contributed by atoms with Gasteiger partial charge in [0.05, 0.1) is 13.7 Å². The third kappa shape index (κ3) is 3.44. The molecule has 128 valence electrons. The number of methoxy groups -OCH3 is 1. The lowest BCUT2D eigenvalue weighted by molar-refractivity contribution is 0.0512. The first-order valence-electron chi connectivity index (χ1n) is 7.92. The van der Waals surface area contributed by atoms with Crippen LogP contribution >= 0.6 is 0 Å². The fraction of sp³-hybridized carbons (Fsp3) is 0.533. The van der Waals surface area contributed by atoms with Gasteiger partial charge in [0.1, 0.15) is 5.82 Å². The third-order valence-corrected chi connectivity index (χ3v) is 3.95. The summed E-state index contributed by atoms with van der Waals surface area (Å²) < 4.78 is 10.0. The van der Waals surface area contributed by atoms with Gasteiger partial charge < -0.3 is 14.4 Å². The number of hydrogen-bond donors (Lipinski definition) is 1. The van der Waals surface area contributed by atoms with E-state index in [-0.39, 0.29) is 11.7 Å². The highest BCUT2D eigenvalue weighted by Gasteiger charge is 2.26. The van der Waals surface area contributed by atoms with Crippen molar-refractivity contribution in [1.82, 2.24) is 25.1 Å². The summed E-state index contributed by atoms with van der Waals surface area (Å²) in [4.78, 5) is 26.7. The predicted octanol–water partition coefficient (Wildman–Crippen LogP) is 1.16. The minimum Gasteiger partial charge on any atom is -0.481 e. The van der Waals surface area contributed by atoms with Crippen molar-refractivity contribution in [2.75, 3.05) is 31.7 Å². The molecule has 9 heteroatoms. The summed E-state index contributed by atoms with van der Waals surface area (Å²) in [5.41, 5.74) is 0. The molecule has 0 amide bonds. The first-order valence-corrected chi connectivity index (χ1v) is 7.92. The van der Waals surface area contributed by atoms with Crippen LogP contribution in [0.25, 0.3) is 0 Å². The summed E-state index contributed by atoms with van der Waals surface area (Å²) in [6.07, 6.45) is 3.44. The number of carbonyl (C=O) groups excluding carboxylic acids is 1. The first-order chi connectivity index (χ1) is 11.7. The predicted molar refractivity (Wildman–Crippen MR) is 85.1 cm³/mol. The summed E-state index contributed by atoms with van der Waals surface area (Å²) in [6.45, 7) is 3.66. The second-order valence-electron chi connectivity index (χ2n) is 5.43. The van der Waals surface area contributed by atoms with E-state index in [0.717, 1.165) is 31.8 Å². The average Bonchev–Trinajstić information content (AvgIpc) is 3.12. The van der Waals surface area contributed by atoms with E-state index in [0.29, 0.717) is 18.4 Å². The van der Waals surface area contributed by atoms with Gasteiger partial charge in [-0.05, 0) is 19.8 Å². The molecular weight excluding hydrogens is 312 g/mol. The Balaban J connectivity index is 1.61. The maximum Gasteiger partial charge on any atom is 0.378 e. The number of rotatable bonds is 5. The van der Waals surface area contributed by atoms with Gasteiger partial charge in [-0.3, -0.25) is 5.10 Å². The maximum atomic E-state index is 11.6. The molecule has 1 N–H and O–H groups in total. The molecule has 1 aliphatic rings. The number of ether oxygens (including phenoxy) is 2. The van der Waals surface area contributed by atoms with E-state index >= 15 is 0 Å². The molecule has 2 aromatic heterocycles. The van der Waals surface area contributed by atoms with Gasteiger partial charge in [0, 0.05) is 31.3 Å². The number of nitrogens with one attached hydrogen (secondary N) is 1. The lowest BCUT2D eigenvalue weighted by Crippen LogP contribution is -2.34. The van der Waals surface area contributed by atoms with Gasteiger partial charge in [0.2, 0.25) is 11.8 Å². The van der Waals surface area contributed by atoms with Crippen LogP contribution in [0.1, 0.15) is 42.1 Å². The molecule has 24 heavy (non-hydrogen) atoms. The molecule has 0 aromatic carbocycles. The molecule has 0 atom stereocenters. The standard InChI is InChI=1S/C15H20N6O3/c1-3-24-14(22)13-18-12(19-20-13)10-5-8-21(9-6-10)15-16-7-4-11(17-15)23-2/h4,7,10H,3,5-6,8-9H2,1-2H3,(H,18,19,20). The Morgan fingerprint density at radius 1 is 1.38 bits per heavy atom. The minimum atomic E-state index is -0.498. The van der Waals surface area contributed by atoms with Crippen LogP contribution in [0.2, 0.25) is 0 Å². The van der Waals surface area contributed by atoms with Gasteiger partial charge >= 0.3 is 5.97 Å². The number of nitrogens with zero attached hydrogens (tertiary/aromatic N) is 5. The van der Waals surface area contributed by atoms with Crippen molar-refractivity contribution < 1.29 is 14.3 Å². The highest BCUT2D eigenvalue weighted by molar-refractivity contribution is 5.84. The molecule has 2 aromatic rings. The van der Waals surface area contributed by atoms with E-state index in [2.05, 4.69) is 30.0 Å². The molecule has 0 aliphatic carbocycles. The lowest BCUT2D eigenvalue weighted by Gasteiger charge is -2.30. The molecular formula is C15H20N6O3. The molecule has 0 saturated carbocycles. The zero-order valence-corrected chi connectivity index (χ0v) is 13.7. The fourth-order valence-electron chi connectivity index (χ4n) is 2.70. The van der Waals surface area contributed by atoms with Gasteiger partial charge in [0.15, 0.2) is 0 Å². The Labute approximate surface area is 139 Å². The van der Waals surface area contributed by atoms with Crippen molar-refractivity contribution >= 4 is 11.9 Å². The van der Waals surface area contributed by atoms with Crippen molar-refractivity contribution in [3.8, 4) is 5.88 Å². The summed E-state index contributed by atoms with van der Waals surface area (Å²) >= 11 is 0. The van der Waals surface area contributed by atoms with Crippen LogP contribution in [0.4, 0.5) is 5.95 Å². The summed E-state index contributed by atoms with van der Waals surface area (Å²) in [6, 6.07) is 1.72. The van der Waals surface area contributed by atoms with E-state index < -0.39 is 5.97 Å². The Bertz CT molecular complexity index is 696. The Hall–Kier alpha value is -2.71. The maximum absolute atomic E-state index is 11.6. The number of anilines is 1. The molecule has 0 bridgehead atoms. The first kappa shape index (κ1) is 16.2. The number of H-pyrrole nitrogens is 1. The van der Waals surface area contributed by atoms with E-state index in [9.17, 15) is 4.79 Å². The zero-order chi connectivity index (χ0) is 16.9. The summed E-state index contributed by atoms with van der Waals surface area (Å²) in [5.74, 6) is 1.76. The number of aromatic nitrogens is 5. The molecule has 3 heterocycles. The lowest BCUT2D eigenvalue weighted by atomic mass is 9.96. The largest absolute Gasteiger partial charge is 0.481 e. The molecule has 1 aliphatic heterocycles. The number of esters is 1. The van der Waals surface area contributed by atoms with Gasteiger partial charge in [0.25, 0.3) is 5.82 Å². The van der Waals surface area contributed by atoms with Crippen LogP contribution in [0.15, 0.2) is 12.3 Å². The van der Waals surface area contributed by atoms with E-state index in [1.165, 1.54) is 0 Å². The van der Waals surface area contributed by atoms with Gasteiger partial charge in [-0.1, -0.05) is 0 Å². The van der Waals surface area contributed by atoms with E-state index in [1.807, 2.05) is 0 Å². The molecule has 3 rings (SSSR count).